The van der Waals surface area contributed by atoms with Crippen molar-refractivity contribution in [1.82, 2.24) is 16.0 Å². The molecule has 0 unspecified atom stereocenters. The first kappa shape index (κ1) is 40.5. The van der Waals surface area contributed by atoms with Gasteiger partial charge in [0.05, 0.1) is 24.8 Å². The van der Waals surface area contributed by atoms with E-state index in [0.717, 1.165) is 5.32 Å². The summed E-state index contributed by atoms with van der Waals surface area (Å²) >= 11 is 12.3. The summed E-state index contributed by atoms with van der Waals surface area (Å²) in [6.07, 6.45) is -6.60. The van der Waals surface area contributed by atoms with Gasteiger partial charge in [0, 0.05) is 16.5 Å². The van der Waals surface area contributed by atoms with E-state index in [-0.39, 0.29) is 28.3 Å². The molecule has 0 saturated heterocycles. The molecule has 0 fully saturated rings. The third-order valence-electron chi connectivity index (χ3n) is 7.17. The van der Waals surface area contributed by atoms with E-state index in [9.17, 15) is 46.4 Å². The molecule has 0 aliphatic heterocycles. The molecule has 0 aromatic heterocycles. The number of carbonyl (C=O) groups excluding carboxylic acids is 4. The van der Waals surface area contributed by atoms with E-state index >= 15 is 0 Å². The number of carbonyl (C=O) groups is 4. The van der Waals surface area contributed by atoms with Crippen LogP contribution in [-0.2, 0) is 25.6 Å². The monoisotopic (exact) mass is 756 g/mol. The van der Waals surface area contributed by atoms with Crippen LogP contribution in [0.4, 0.5) is 22.0 Å². The standard InChI is InChI=1S/C34H31Cl2F5N4O6/c1-18(2)27(29(46)34(40,41)32(49)43-17-33(37,38)39)44-31(48)28(21-7-9-24(50-3)10-8-21)45-30(47)26(14-19-5-4-6-22(35)11-19)51-25-13-20(16-42)12-23(36)15-25/h4-13,15,18,26-28H,14,17H2,1-3H3,(H,43,49)(H,44,48)(H,45,47)/t26-,27+,28+/m1/s1. The molecule has 0 bridgehead atoms. The van der Waals surface area contributed by atoms with E-state index in [1.54, 1.807) is 24.3 Å². The highest BCUT2D eigenvalue weighted by molar-refractivity contribution is 6.31. The van der Waals surface area contributed by atoms with Crippen molar-refractivity contribution in [2.24, 2.45) is 5.92 Å². The van der Waals surface area contributed by atoms with Gasteiger partial charge in [-0.25, -0.2) is 0 Å². The van der Waals surface area contributed by atoms with E-state index in [2.05, 4.69) is 10.6 Å². The first-order chi connectivity index (χ1) is 23.8. The fourth-order valence-corrected chi connectivity index (χ4v) is 5.07. The number of nitrogens with zero attached hydrogens (tertiary/aromatic N) is 1. The Morgan fingerprint density at radius 1 is 0.863 bits per heavy atom. The Hall–Kier alpha value is -4.94. The summed E-state index contributed by atoms with van der Waals surface area (Å²) < 4.78 is 78.5. The average Bonchev–Trinajstić information content (AvgIpc) is 3.06. The number of ether oxygens (including phenoxy) is 2. The maximum Gasteiger partial charge on any atom is 0.405 e. The molecule has 0 radical (unpaired) electrons. The molecule has 17 heteroatoms. The van der Waals surface area contributed by atoms with Gasteiger partial charge < -0.3 is 25.4 Å². The van der Waals surface area contributed by atoms with E-state index in [0.29, 0.717) is 16.3 Å². The number of nitrogens with one attached hydrogen (secondary N) is 3. The quantitative estimate of drug-likeness (QED) is 0.132. The van der Waals surface area contributed by atoms with Crippen molar-refractivity contribution in [2.75, 3.05) is 13.7 Å². The Labute approximate surface area is 299 Å². The van der Waals surface area contributed by atoms with Crippen molar-refractivity contribution < 1.29 is 50.6 Å². The van der Waals surface area contributed by atoms with Crippen LogP contribution in [-0.4, -0.2) is 61.4 Å². The van der Waals surface area contributed by atoms with Gasteiger partial charge >= 0.3 is 12.1 Å². The van der Waals surface area contributed by atoms with E-state index < -0.39 is 66.3 Å². The lowest BCUT2D eigenvalue weighted by Gasteiger charge is -2.28. The number of hydrogen-bond donors (Lipinski definition) is 3. The topological polar surface area (TPSA) is 147 Å². The zero-order valence-corrected chi connectivity index (χ0v) is 28.6. The van der Waals surface area contributed by atoms with Gasteiger partial charge in [-0.2, -0.15) is 27.2 Å². The molecule has 0 aliphatic carbocycles. The minimum absolute atomic E-state index is 0.0168. The van der Waals surface area contributed by atoms with Crippen LogP contribution in [0.25, 0.3) is 0 Å². The summed E-state index contributed by atoms with van der Waals surface area (Å²) in [7, 11) is 1.37. The number of hydrogen-bond acceptors (Lipinski definition) is 7. The molecule has 3 N–H and O–H groups in total. The Morgan fingerprint density at radius 2 is 1.53 bits per heavy atom. The van der Waals surface area contributed by atoms with E-state index in [1.807, 2.05) is 6.07 Å². The van der Waals surface area contributed by atoms with Crippen LogP contribution in [0.1, 0.15) is 36.6 Å². The largest absolute Gasteiger partial charge is 0.497 e. The van der Waals surface area contributed by atoms with Crippen molar-refractivity contribution in [3.63, 3.8) is 0 Å². The summed E-state index contributed by atoms with van der Waals surface area (Å²) in [5.41, 5.74) is 0.720. The Balaban J connectivity index is 1.99. The van der Waals surface area contributed by atoms with Crippen molar-refractivity contribution in [3.8, 4) is 17.6 Å². The normalized spacial score (nSPS) is 13.3. The maximum absolute atomic E-state index is 14.9. The Morgan fingerprint density at radius 3 is 2.10 bits per heavy atom. The maximum atomic E-state index is 14.9. The van der Waals surface area contributed by atoms with Crippen LogP contribution in [0.5, 0.6) is 11.5 Å². The number of halogens is 7. The smallest absolute Gasteiger partial charge is 0.405 e. The van der Waals surface area contributed by atoms with Crippen molar-refractivity contribution in [1.29, 1.82) is 5.26 Å². The first-order valence-corrected chi connectivity index (χ1v) is 15.7. The molecule has 0 aliphatic rings. The van der Waals surface area contributed by atoms with Crippen LogP contribution in [0, 0.1) is 17.2 Å². The van der Waals surface area contributed by atoms with Crippen molar-refractivity contribution in [3.05, 3.63) is 93.5 Å². The SMILES string of the molecule is COc1ccc([C@H](NC(=O)[C@@H](Cc2cccc(Cl)c2)Oc2cc(Cl)cc(C#N)c2)C(=O)N[C@H](C(=O)C(F)(F)C(=O)NCC(F)(F)F)C(C)C)cc1. The third-order valence-corrected chi connectivity index (χ3v) is 7.62. The lowest BCUT2D eigenvalue weighted by atomic mass is 9.94. The van der Waals surface area contributed by atoms with Crippen LogP contribution in [0.15, 0.2) is 66.7 Å². The lowest BCUT2D eigenvalue weighted by molar-refractivity contribution is -0.165. The molecule has 3 aromatic rings. The lowest BCUT2D eigenvalue weighted by Crippen LogP contribution is -2.58. The van der Waals surface area contributed by atoms with Crippen LogP contribution in [0.2, 0.25) is 10.0 Å². The summed E-state index contributed by atoms with van der Waals surface area (Å²) in [5.74, 6) is -12.5. The van der Waals surface area contributed by atoms with Crippen LogP contribution < -0.4 is 25.4 Å². The summed E-state index contributed by atoms with van der Waals surface area (Å²) in [6, 6.07) is 14.2. The molecule has 3 rings (SSSR count). The second kappa shape index (κ2) is 17.3. The second-order valence-electron chi connectivity index (χ2n) is 11.4. The number of nitriles is 1. The van der Waals surface area contributed by atoms with Gasteiger partial charge in [-0.1, -0.05) is 61.3 Å². The number of rotatable bonds is 15. The van der Waals surface area contributed by atoms with Crippen LogP contribution in [0.3, 0.4) is 0 Å². The summed E-state index contributed by atoms with van der Waals surface area (Å²) in [4.78, 5) is 52.6. The van der Waals surface area contributed by atoms with Gasteiger partial charge in [0.1, 0.15) is 24.1 Å². The highest BCUT2D eigenvalue weighted by Gasteiger charge is 2.52. The number of benzene rings is 3. The molecule has 0 heterocycles. The van der Waals surface area contributed by atoms with Crippen molar-refractivity contribution in [2.45, 2.75) is 50.6 Å². The van der Waals surface area contributed by atoms with Gasteiger partial charge in [0.25, 0.3) is 11.8 Å². The number of ketones is 1. The van der Waals surface area contributed by atoms with Gasteiger partial charge in [-0.3, -0.25) is 19.2 Å². The molecule has 10 nitrogen and oxygen atoms in total. The molecule has 3 atom stereocenters. The molecular formula is C34H31Cl2F5N4O6. The fraction of sp³-hybridized carbons (Fsp3) is 0.324. The molecule has 3 aromatic carbocycles. The molecule has 51 heavy (non-hydrogen) atoms. The minimum Gasteiger partial charge on any atom is -0.497 e. The highest BCUT2D eigenvalue weighted by Crippen LogP contribution is 2.26. The molecule has 0 spiro atoms. The zero-order valence-electron chi connectivity index (χ0n) is 27.1. The number of alkyl halides is 5. The summed E-state index contributed by atoms with van der Waals surface area (Å²) in [5, 5.41) is 15.4. The van der Waals surface area contributed by atoms with Crippen molar-refractivity contribution >= 4 is 46.7 Å². The average molecular weight is 758 g/mol. The van der Waals surface area contributed by atoms with Gasteiger partial charge in [-0.15, -0.1) is 0 Å². The van der Waals surface area contributed by atoms with Gasteiger partial charge in [0.15, 0.2) is 6.10 Å². The second-order valence-corrected chi connectivity index (χ2v) is 12.3. The number of Topliss-reactive ketones (excluding diaryl/α,β-unsaturated/α-hetero) is 1. The molecular weight excluding hydrogens is 726 g/mol. The van der Waals surface area contributed by atoms with E-state index in [4.69, 9.17) is 32.7 Å². The minimum atomic E-state index is -5.04. The van der Waals surface area contributed by atoms with Gasteiger partial charge in [0.2, 0.25) is 11.7 Å². The Bertz CT molecular complexity index is 1780. The third kappa shape index (κ3) is 11.5. The van der Waals surface area contributed by atoms with Gasteiger partial charge in [-0.05, 0) is 59.5 Å². The molecule has 3 amide bonds. The molecule has 272 valence electrons. The molecule has 0 saturated carbocycles. The summed E-state index contributed by atoms with van der Waals surface area (Å²) in [6.45, 7) is 0.385. The number of amides is 3. The predicted molar refractivity (Wildman–Crippen MR) is 175 cm³/mol. The highest BCUT2D eigenvalue weighted by atomic mass is 35.5. The van der Waals surface area contributed by atoms with E-state index in [1.165, 1.54) is 63.4 Å². The fourth-order valence-electron chi connectivity index (χ4n) is 4.63. The first-order valence-electron chi connectivity index (χ1n) is 15.0. The number of methoxy groups -OCH3 is 1. The Kier molecular flexibility index (Phi) is 13.8. The zero-order chi connectivity index (χ0) is 38.1. The predicted octanol–water partition coefficient (Wildman–Crippen LogP) is 5.74. The van der Waals surface area contributed by atoms with Crippen LogP contribution >= 0.6 is 23.2 Å².